The van der Waals surface area contributed by atoms with Gasteiger partial charge in [0.25, 0.3) is 0 Å². The van der Waals surface area contributed by atoms with E-state index >= 15 is 0 Å². The van der Waals surface area contributed by atoms with Gasteiger partial charge in [-0.2, -0.15) is 8.78 Å². The van der Waals surface area contributed by atoms with Crippen molar-refractivity contribution in [2.75, 3.05) is 11.4 Å². The summed E-state index contributed by atoms with van der Waals surface area (Å²) in [7, 11) is 0. The molecule has 0 aliphatic carbocycles. The molecule has 2 aromatic carbocycles. The van der Waals surface area contributed by atoms with Gasteiger partial charge in [0.05, 0.1) is 6.42 Å². The zero-order chi connectivity index (χ0) is 16.4. The Hall–Kier alpha value is -2.14. The Kier molecular flexibility index (Phi) is 4.48. The van der Waals surface area contributed by atoms with Gasteiger partial charge in [-0.15, -0.1) is 0 Å². The van der Waals surface area contributed by atoms with Crippen LogP contribution in [-0.4, -0.2) is 19.1 Å². The fraction of sp³-hybridized carbons (Fsp3) is 0.235. The molecule has 0 saturated carbocycles. The van der Waals surface area contributed by atoms with Crippen molar-refractivity contribution in [3.63, 3.8) is 0 Å². The van der Waals surface area contributed by atoms with Gasteiger partial charge in [-0.05, 0) is 41.8 Å². The van der Waals surface area contributed by atoms with Crippen molar-refractivity contribution in [1.82, 2.24) is 0 Å². The predicted molar refractivity (Wildman–Crippen MR) is 84.3 cm³/mol. The van der Waals surface area contributed by atoms with E-state index < -0.39 is 6.61 Å². The maximum atomic E-state index is 12.5. The van der Waals surface area contributed by atoms with Gasteiger partial charge in [0.1, 0.15) is 5.75 Å². The summed E-state index contributed by atoms with van der Waals surface area (Å²) in [5.74, 6) is -0.0459. The Balaban J connectivity index is 1.75. The summed E-state index contributed by atoms with van der Waals surface area (Å²) in [6, 6.07) is 11.7. The molecule has 0 atom stereocenters. The van der Waals surface area contributed by atoms with Gasteiger partial charge in [-0.1, -0.05) is 29.8 Å². The van der Waals surface area contributed by atoms with E-state index in [0.29, 0.717) is 17.1 Å². The number of carbonyl (C=O) groups is 1. The third kappa shape index (κ3) is 3.62. The summed E-state index contributed by atoms with van der Waals surface area (Å²) >= 11 is 6.00. The number of benzene rings is 2. The number of amides is 1. The van der Waals surface area contributed by atoms with E-state index in [1.54, 1.807) is 29.2 Å². The predicted octanol–water partition coefficient (Wildman–Crippen LogP) is 4.07. The van der Waals surface area contributed by atoms with Crippen LogP contribution in [0.3, 0.4) is 0 Å². The first-order valence-electron chi connectivity index (χ1n) is 7.15. The SMILES string of the molecule is O=C(Cc1cccc(OC(F)F)c1)N1CCc2ccc(Cl)cc21. The molecular formula is C17H14ClF2NO2. The molecule has 0 spiro atoms. The van der Waals surface area contributed by atoms with E-state index in [-0.39, 0.29) is 18.1 Å². The molecule has 0 saturated heterocycles. The van der Waals surface area contributed by atoms with E-state index in [1.807, 2.05) is 6.07 Å². The van der Waals surface area contributed by atoms with Gasteiger partial charge in [-0.3, -0.25) is 4.79 Å². The number of fused-ring (bicyclic) bond motifs is 1. The molecule has 3 rings (SSSR count). The Labute approximate surface area is 137 Å². The maximum absolute atomic E-state index is 12.5. The molecule has 1 heterocycles. The summed E-state index contributed by atoms with van der Waals surface area (Å²) in [4.78, 5) is 14.2. The lowest BCUT2D eigenvalue weighted by molar-refractivity contribution is -0.117. The van der Waals surface area contributed by atoms with Gasteiger partial charge < -0.3 is 9.64 Å². The topological polar surface area (TPSA) is 29.5 Å². The van der Waals surface area contributed by atoms with Crippen molar-refractivity contribution in [3.05, 3.63) is 58.6 Å². The van der Waals surface area contributed by atoms with Crippen LogP contribution < -0.4 is 9.64 Å². The molecule has 3 nitrogen and oxygen atoms in total. The lowest BCUT2D eigenvalue weighted by Gasteiger charge is -2.18. The summed E-state index contributed by atoms with van der Waals surface area (Å²) < 4.78 is 28.9. The van der Waals surface area contributed by atoms with Gasteiger partial charge in [-0.25, -0.2) is 0 Å². The number of ether oxygens (including phenoxy) is 1. The molecule has 6 heteroatoms. The number of rotatable bonds is 4. The second-order valence-electron chi connectivity index (χ2n) is 5.27. The van der Waals surface area contributed by atoms with Crippen molar-refractivity contribution >= 4 is 23.2 Å². The highest BCUT2D eigenvalue weighted by Crippen LogP contribution is 2.31. The summed E-state index contributed by atoms with van der Waals surface area (Å²) in [6.07, 6.45) is 0.902. The molecule has 0 bridgehead atoms. The molecule has 23 heavy (non-hydrogen) atoms. The van der Waals surface area contributed by atoms with E-state index in [9.17, 15) is 13.6 Å². The Morgan fingerprint density at radius 3 is 2.87 bits per heavy atom. The zero-order valence-electron chi connectivity index (χ0n) is 12.1. The van der Waals surface area contributed by atoms with Crippen LogP contribution >= 0.6 is 11.6 Å². The molecule has 0 aromatic heterocycles. The molecule has 120 valence electrons. The average molecular weight is 338 g/mol. The third-order valence-corrected chi connectivity index (χ3v) is 3.96. The molecule has 0 unspecified atom stereocenters. The normalized spacial score (nSPS) is 13.3. The zero-order valence-corrected chi connectivity index (χ0v) is 12.9. The molecule has 1 amide bonds. The summed E-state index contributed by atoms with van der Waals surface area (Å²) in [5, 5.41) is 0.579. The van der Waals surface area contributed by atoms with Crippen molar-refractivity contribution in [3.8, 4) is 5.75 Å². The standard InChI is InChI=1S/C17H14ClF2NO2/c18-13-5-4-12-6-7-21(15(12)10-13)16(22)9-11-2-1-3-14(8-11)23-17(19)20/h1-5,8,10,17H,6-7,9H2. The number of hydrogen-bond donors (Lipinski definition) is 0. The van der Waals surface area contributed by atoms with Gasteiger partial charge in [0, 0.05) is 17.3 Å². The smallest absolute Gasteiger partial charge is 0.387 e. The van der Waals surface area contributed by atoms with E-state index in [0.717, 1.165) is 17.7 Å². The Bertz CT molecular complexity index is 736. The monoisotopic (exact) mass is 337 g/mol. The highest BCUT2D eigenvalue weighted by molar-refractivity contribution is 6.31. The second kappa shape index (κ2) is 6.54. The van der Waals surface area contributed by atoms with Crippen molar-refractivity contribution in [2.45, 2.75) is 19.5 Å². The van der Waals surface area contributed by atoms with E-state index in [2.05, 4.69) is 4.74 Å². The quantitative estimate of drug-likeness (QED) is 0.841. The molecule has 0 radical (unpaired) electrons. The van der Waals surface area contributed by atoms with Crippen LogP contribution in [-0.2, 0) is 17.6 Å². The minimum Gasteiger partial charge on any atom is -0.435 e. The van der Waals surface area contributed by atoms with Crippen LogP contribution in [0.15, 0.2) is 42.5 Å². The summed E-state index contributed by atoms with van der Waals surface area (Å²) in [6.45, 7) is -2.28. The first-order chi connectivity index (χ1) is 11.0. The van der Waals surface area contributed by atoms with Crippen LogP contribution in [0.25, 0.3) is 0 Å². The van der Waals surface area contributed by atoms with Crippen LogP contribution in [0.1, 0.15) is 11.1 Å². The largest absolute Gasteiger partial charge is 0.435 e. The third-order valence-electron chi connectivity index (χ3n) is 3.72. The van der Waals surface area contributed by atoms with Crippen LogP contribution in [0.2, 0.25) is 5.02 Å². The lowest BCUT2D eigenvalue weighted by Crippen LogP contribution is -2.30. The Morgan fingerprint density at radius 2 is 2.09 bits per heavy atom. The number of halogens is 3. The minimum absolute atomic E-state index is 0.0511. The van der Waals surface area contributed by atoms with Gasteiger partial charge in [0.15, 0.2) is 0 Å². The fourth-order valence-electron chi connectivity index (χ4n) is 2.71. The maximum Gasteiger partial charge on any atom is 0.387 e. The molecule has 1 aliphatic rings. The fourth-order valence-corrected chi connectivity index (χ4v) is 2.88. The average Bonchev–Trinajstić information content (AvgIpc) is 2.89. The van der Waals surface area contributed by atoms with Crippen molar-refractivity contribution in [1.29, 1.82) is 0 Å². The first kappa shape index (κ1) is 15.7. The van der Waals surface area contributed by atoms with Crippen molar-refractivity contribution in [2.24, 2.45) is 0 Å². The number of alkyl halides is 2. The van der Waals surface area contributed by atoms with E-state index in [1.165, 1.54) is 12.1 Å². The summed E-state index contributed by atoms with van der Waals surface area (Å²) in [5.41, 5.74) is 2.53. The number of carbonyl (C=O) groups excluding carboxylic acids is 1. The highest BCUT2D eigenvalue weighted by atomic mass is 35.5. The van der Waals surface area contributed by atoms with Gasteiger partial charge >= 0.3 is 6.61 Å². The highest BCUT2D eigenvalue weighted by Gasteiger charge is 2.24. The van der Waals surface area contributed by atoms with Crippen LogP contribution in [0, 0.1) is 0 Å². The number of nitrogens with zero attached hydrogens (tertiary/aromatic N) is 1. The Morgan fingerprint density at radius 1 is 1.26 bits per heavy atom. The molecule has 1 aliphatic heterocycles. The van der Waals surface area contributed by atoms with Crippen molar-refractivity contribution < 1.29 is 18.3 Å². The van der Waals surface area contributed by atoms with Gasteiger partial charge in [0.2, 0.25) is 5.91 Å². The number of anilines is 1. The van der Waals surface area contributed by atoms with E-state index in [4.69, 9.17) is 11.6 Å². The minimum atomic E-state index is -2.88. The number of hydrogen-bond acceptors (Lipinski definition) is 2. The second-order valence-corrected chi connectivity index (χ2v) is 5.71. The van der Waals surface area contributed by atoms with Crippen LogP contribution in [0.5, 0.6) is 5.75 Å². The molecule has 0 fully saturated rings. The molecule has 0 N–H and O–H groups in total. The van der Waals surface area contributed by atoms with Crippen LogP contribution in [0.4, 0.5) is 14.5 Å². The first-order valence-corrected chi connectivity index (χ1v) is 7.53. The molecular weight excluding hydrogens is 324 g/mol. The molecule has 2 aromatic rings. The lowest BCUT2D eigenvalue weighted by atomic mass is 10.1.